The Morgan fingerprint density at radius 2 is 2.00 bits per heavy atom. The minimum absolute atomic E-state index is 0.190. The molecule has 2 aromatic carbocycles. The third-order valence-electron chi connectivity index (χ3n) is 3.84. The van der Waals surface area contributed by atoms with E-state index in [9.17, 15) is 13.2 Å². The van der Waals surface area contributed by atoms with Crippen LogP contribution in [0.25, 0.3) is 0 Å². The Kier molecular flexibility index (Phi) is 4.09. The Bertz CT molecular complexity index is 859. The maximum Gasteiger partial charge on any atom is 0.255 e. The number of ether oxygens (including phenoxy) is 1. The van der Waals surface area contributed by atoms with E-state index in [4.69, 9.17) is 4.74 Å². The molecule has 1 aliphatic rings. The number of anilines is 1. The molecule has 0 saturated heterocycles. The highest BCUT2D eigenvalue weighted by Gasteiger charge is 2.23. The van der Waals surface area contributed by atoms with E-state index in [2.05, 4.69) is 5.32 Å². The molecular formula is C17H17NO4S. The van der Waals surface area contributed by atoms with E-state index in [0.29, 0.717) is 34.7 Å². The second kappa shape index (κ2) is 6.04. The molecule has 1 amide bonds. The van der Waals surface area contributed by atoms with Gasteiger partial charge in [0, 0.05) is 11.3 Å². The van der Waals surface area contributed by atoms with Crippen molar-refractivity contribution in [2.24, 2.45) is 0 Å². The summed E-state index contributed by atoms with van der Waals surface area (Å²) in [7, 11) is -1.64. The van der Waals surface area contributed by atoms with E-state index >= 15 is 0 Å². The van der Waals surface area contributed by atoms with Crippen LogP contribution >= 0.6 is 0 Å². The summed E-state index contributed by atoms with van der Waals surface area (Å²) in [5.74, 6) is 0.534. The van der Waals surface area contributed by atoms with Crippen LogP contribution in [0.5, 0.6) is 5.75 Å². The molecule has 0 unspecified atom stereocenters. The van der Waals surface area contributed by atoms with Crippen LogP contribution in [0.2, 0.25) is 0 Å². The number of aryl methyl sites for hydroxylation is 1. The fourth-order valence-corrected chi connectivity index (χ4v) is 4.27. The predicted molar refractivity (Wildman–Crippen MR) is 87.8 cm³/mol. The summed E-state index contributed by atoms with van der Waals surface area (Å²) in [6.07, 6.45) is 1.32. The number of fused-ring (bicyclic) bond motifs is 1. The quantitative estimate of drug-likeness (QED) is 0.938. The Hall–Kier alpha value is -2.34. The second-order valence-electron chi connectivity index (χ2n) is 5.43. The van der Waals surface area contributed by atoms with Crippen molar-refractivity contribution in [3.05, 3.63) is 53.6 Å². The van der Waals surface area contributed by atoms with E-state index in [0.717, 1.165) is 5.56 Å². The predicted octanol–water partition coefficient (Wildman–Crippen LogP) is 2.67. The topological polar surface area (TPSA) is 72.5 Å². The number of amides is 1. The lowest BCUT2D eigenvalue weighted by atomic mass is 10.1. The summed E-state index contributed by atoms with van der Waals surface area (Å²) < 4.78 is 29.1. The van der Waals surface area contributed by atoms with Gasteiger partial charge in [-0.05, 0) is 54.8 Å². The number of hydrogen-bond acceptors (Lipinski definition) is 4. The van der Waals surface area contributed by atoms with Crippen molar-refractivity contribution in [1.29, 1.82) is 0 Å². The normalized spacial score (nSPS) is 15.5. The summed E-state index contributed by atoms with van der Waals surface area (Å²) in [5, 5.41) is 2.80. The molecule has 6 heteroatoms. The Labute approximate surface area is 135 Å². The number of nitrogens with one attached hydrogen (secondary N) is 1. The van der Waals surface area contributed by atoms with E-state index < -0.39 is 9.84 Å². The van der Waals surface area contributed by atoms with Crippen molar-refractivity contribution in [1.82, 2.24) is 0 Å². The number of benzene rings is 2. The van der Waals surface area contributed by atoms with Gasteiger partial charge in [0.15, 0.2) is 9.84 Å². The van der Waals surface area contributed by atoms with Gasteiger partial charge < -0.3 is 10.1 Å². The fraction of sp³-hybridized carbons (Fsp3) is 0.235. The largest absolute Gasteiger partial charge is 0.497 e. The summed E-state index contributed by atoms with van der Waals surface area (Å²) in [4.78, 5) is 12.7. The molecule has 0 bridgehead atoms. The van der Waals surface area contributed by atoms with E-state index in [1.54, 1.807) is 49.6 Å². The number of carbonyl (C=O) groups is 1. The minimum Gasteiger partial charge on any atom is -0.497 e. The summed E-state index contributed by atoms with van der Waals surface area (Å²) in [6, 6.07) is 11.8. The van der Waals surface area contributed by atoms with E-state index in [-0.39, 0.29) is 11.7 Å². The minimum atomic E-state index is -3.18. The van der Waals surface area contributed by atoms with Gasteiger partial charge in [0.1, 0.15) is 5.75 Å². The van der Waals surface area contributed by atoms with E-state index in [1.807, 2.05) is 0 Å². The first kappa shape index (κ1) is 15.6. The molecule has 0 saturated carbocycles. The molecule has 0 fully saturated rings. The van der Waals surface area contributed by atoms with Gasteiger partial charge in [-0.2, -0.15) is 0 Å². The van der Waals surface area contributed by atoms with Crippen molar-refractivity contribution in [3.63, 3.8) is 0 Å². The summed E-state index contributed by atoms with van der Waals surface area (Å²) >= 11 is 0. The molecule has 2 aromatic rings. The highest BCUT2D eigenvalue weighted by Crippen LogP contribution is 2.27. The Morgan fingerprint density at radius 3 is 2.78 bits per heavy atom. The zero-order valence-corrected chi connectivity index (χ0v) is 13.5. The van der Waals surface area contributed by atoms with Crippen LogP contribution in [0, 0.1) is 0 Å². The lowest BCUT2D eigenvalue weighted by Gasteiger charge is -2.17. The van der Waals surface area contributed by atoms with Crippen LogP contribution in [0.1, 0.15) is 22.3 Å². The van der Waals surface area contributed by atoms with Crippen molar-refractivity contribution in [3.8, 4) is 5.75 Å². The molecule has 0 aromatic heterocycles. The number of carbonyl (C=O) groups excluding carboxylic acids is 1. The van der Waals surface area contributed by atoms with Crippen molar-refractivity contribution >= 4 is 21.4 Å². The van der Waals surface area contributed by atoms with Gasteiger partial charge in [-0.15, -0.1) is 0 Å². The van der Waals surface area contributed by atoms with Gasteiger partial charge >= 0.3 is 0 Å². The zero-order chi connectivity index (χ0) is 16.4. The smallest absolute Gasteiger partial charge is 0.255 e. The third kappa shape index (κ3) is 3.22. The molecule has 120 valence electrons. The maximum atomic E-state index is 12.3. The van der Waals surface area contributed by atoms with Gasteiger partial charge in [-0.25, -0.2) is 8.42 Å². The van der Waals surface area contributed by atoms with Gasteiger partial charge in [0.25, 0.3) is 5.91 Å². The highest BCUT2D eigenvalue weighted by atomic mass is 32.2. The van der Waals surface area contributed by atoms with Gasteiger partial charge in [-0.3, -0.25) is 4.79 Å². The van der Waals surface area contributed by atoms with Crippen LogP contribution in [0.4, 0.5) is 5.69 Å². The molecule has 3 rings (SSSR count). The maximum absolute atomic E-state index is 12.3. The van der Waals surface area contributed by atoms with Crippen molar-refractivity contribution in [2.45, 2.75) is 17.7 Å². The lowest BCUT2D eigenvalue weighted by Crippen LogP contribution is -2.17. The zero-order valence-electron chi connectivity index (χ0n) is 12.7. The molecular weight excluding hydrogens is 314 g/mol. The van der Waals surface area contributed by atoms with E-state index in [1.165, 1.54) is 0 Å². The molecule has 1 N–H and O–H groups in total. The first-order chi connectivity index (χ1) is 11.0. The van der Waals surface area contributed by atoms with Crippen LogP contribution < -0.4 is 10.1 Å². The summed E-state index contributed by atoms with van der Waals surface area (Å²) in [5.41, 5.74) is 1.84. The number of hydrogen-bond donors (Lipinski definition) is 1. The average Bonchev–Trinajstić information content (AvgIpc) is 2.54. The SMILES string of the molecule is COc1cccc(C(=O)Nc2ccc3c(c2)CCCS3(=O)=O)c1. The van der Waals surface area contributed by atoms with Crippen LogP contribution in [0.3, 0.4) is 0 Å². The molecule has 1 aliphatic heterocycles. The van der Waals surface area contributed by atoms with Crippen LogP contribution in [0.15, 0.2) is 47.4 Å². The number of sulfone groups is 1. The molecule has 0 aliphatic carbocycles. The van der Waals surface area contributed by atoms with Gasteiger partial charge in [0.05, 0.1) is 17.8 Å². The molecule has 0 radical (unpaired) electrons. The Morgan fingerprint density at radius 1 is 1.17 bits per heavy atom. The Balaban J connectivity index is 1.84. The van der Waals surface area contributed by atoms with Crippen LogP contribution in [-0.2, 0) is 16.3 Å². The van der Waals surface area contributed by atoms with Crippen molar-refractivity contribution < 1.29 is 17.9 Å². The monoisotopic (exact) mass is 331 g/mol. The first-order valence-corrected chi connectivity index (χ1v) is 8.96. The van der Waals surface area contributed by atoms with Crippen LogP contribution in [-0.4, -0.2) is 27.2 Å². The molecule has 0 atom stereocenters. The number of methoxy groups -OCH3 is 1. The van der Waals surface area contributed by atoms with Gasteiger partial charge in [-0.1, -0.05) is 6.07 Å². The molecule has 0 spiro atoms. The average molecular weight is 331 g/mol. The summed E-state index contributed by atoms with van der Waals surface area (Å²) in [6.45, 7) is 0. The lowest BCUT2D eigenvalue weighted by molar-refractivity contribution is 0.102. The van der Waals surface area contributed by atoms with Crippen molar-refractivity contribution in [2.75, 3.05) is 18.2 Å². The van der Waals surface area contributed by atoms with Gasteiger partial charge in [0.2, 0.25) is 0 Å². The first-order valence-electron chi connectivity index (χ1n) is 7.31. The molecule has 1 heterocycles. The fourth-order valence-electron chi connectivity index (χ4n) is 2.69. The standard InChI is InChI=1S/C17H17NO4S/c1-22-15-6-2-4-13(11-15)17(19)18-14-7-8-16-12(10-14)5-3-9-23(16,20)21/h2,4,6-8,10-11H,3,5,9H2,1H3,(H,18,19). The third-order valence-corrected chi connectivity index (χ3v) is 5.74. The number of rotatable bonds is 3. The molecule has 23 heavy (non-hydrogen) atoms. The second-order valence-corrected chi connectivity index (χ2v) is 7.51. The molecule has 5 nitrogen and oxygen atoms in total. The highest BCUT2D eigenvalue weighted by molar-refractivity contribution is 7.91.